The van der Waals surface area contributed by atoms with Crippen molar-refractivity contribution in [1.82, 2.24) is 4.90 Å². The first-order valence-corrected chi connectivity index (χ1v) is 13.1. The highest BCUT2D eigenvalue weighted by atomic mass is 32.2. The highest BCUT2D eigenvalue weighted by Gasteiger charge is 2.39. The van der Waals surface area contributed by atoms with Crippen molar-refractivity contribution in [2.45, 2.75) is 25.1 Å². The fourth-order valence-electron chi connectivity index (χ4n) is 4.02. The van der Waals surface area contributed by atoms with Gasteiger partial charge in [-0.25, -0.2) is 14.2 Å². The molecule has 1 fully saturated rings. The Kier molecular flexibility index (Phi) is 7.78. The summed E-state index contributed by atoms with van der Waals surface area (Å²) in [5.74, 6) is -0.489. The maximum Gasteiger partial charge on any atom is 0.338 e. The maximum atomic E-state index is 14.4. The van der Waals surface area contributed by atoms with Gasteiger partial charge >= 0.3 is 5.97 Å². The molecule has 0 aromatic heterocycles. The van der Waals surface area contributed by atoms with Crippen LogP contribution in [0.5, 0.6) is 11.5 Å². The number of carbonyl (C=O) groups is 3. The van der Waals surface area contributed by atoms with Gasteiger partial charge in [0.05, 0.1) is 18.7 Å². The van der Waals surface area contributed by atoms with Crippen LogP contribution in [0.1, 0.15) is 29.3 Å². The minimum Gasteiger partial charge on any atom is -0.462 e. The zero-order valence-corrected chi connectivity index (χ0v) is 21.7. The van der Waals surface area contributed by atoms with Gasteiger partial charge in [-0.1, -0.05) is 30.0 Å². The van der Waals surface area contributed by atoms with Crippen molar-refractivity contribution in [2.75, 3.05) is 18.7 Å². The summed E-state index contributed by atoms with van der Waals surface area (Å²) >= 11 is 1.11. The van der Waals surface area contributed by atoms with Crippen LogP contribution < -0.4 is 14.8 Å². The summed E-state index contributed by atoms with van der Waals surface area (Å²) in [4.78, 5) is 44.0. The number of nitrogens with zero attached hydrogens (tertiary/aromatic N) is 2. The molecule has 9 nitrogen and oxygen atoms in total. The number of rotatable bonds is 8. The Balaban J connectivity index is 1.32. The number of benzene rings is 3. The van der Waals surface area contributed by atoms with Crippen LogP contribution in [0.4, 0.5) is 15.8 Å². The molecular weight excluding hydrogens is 525 g/mol. The van der Waals surface area contributed by atoms with E-state index in [9.17, 15) is 18.8 Å². The fraction of sp³-hybridized carbons (Fsp3) is 0.214. The Morgan fingerprint density at radius 2 is 1.87 bits per heavy atom. The molecule has 3 aromatic rings. The van der Waals surface area contributed by atoms with E-state index < -0.39 is 17.0 Å². The molecule has 0 unspecified atom stereocenters. The molecule has 2 aliphatic heterocycles. The quantitative estimate of drug-likeness (QED) is 0.399. The second-order valence-corrected chi connectivity index (χ2v) is 9.78. The molecule has 11 heteroatoms. The molecule has 0 radical (unpaired) electrons. The molecule has 2 amide bonds. The first kappa shape index (κ1) is 26.2. The molecule has 39 heavy (non-hydrogen) atoms. The fourth-order valence-corrected chi connectivity index (χ4v) is 5.17. The number of nitrogens with one attached hydrogen (secondary N) is 1. The topological polar surface area (TPSA) is 107 Å². The number of esters is 1. The molecule has 200 valence electrons. The van der Waals surface area contributed by atoms with E-state index in [0.717, 1.165) is 17.3 Å². The third-order valence-corrected chi connectivity index (χ3v) is 7.09. The number of amidine groups is 1. The second-order valence-electron chi connectivity index (χ2n) is 8.61. The molecule has 0 saturated carbocycles. The standard InChI is InChI=1S/C28H24FN3O6S/c1-2-36-27(35)18-8-10-19(11-9-18)30-25(33)14-24-26(34)32(15-17-7-12-22-23(13-17)38-16-37-22)28(39-24)31-21-6-4-3-5-20(21)29/h3-13,24H,2,14-16H2,1H3,(H,30,33)/t24-/m0/s1. The Labute approximate surface area is 228 Å². The number of thioether (sulfide) groups is 1. The third-order valence-electron chi connectivity index (χ3n) is 5.92. The van der Waals surface area contributed by atoms with Gasteiger partial charge in [0.2, 0.25) is 18.6 Å². The monoisotopic (exact) mass is 549 g/mol. The van der Waals surface area contributed by atoms with Crippen molar-refractivity contribution in [3.63, 3.8) is 0 Å². The molecule has 1 N–H and O–H groups in total. The molecule has 5 rings (SSSR count). The number of fused-ring (bicyclic) bond motifs is 1. The molecule has 0 aliphatic carbocycles. The largest absolute Gasteiger partial charge is 0.462 e. The molecule has 1 atom stereocenters. The number of ether oxygens (including phenoxy) is 3. The average Bonchev–Trinajstić information content (AvgIpc) is 3.50. The van der Waals surface area contributed by atoms with Gasteiger partial charge in [-0.2, -0.15) is 0 Å². The number of carbonyl (C=O) groups excluding carboxylic acids is 3. The van der Waals surface area contributed by atoms with Crippen LogP contribution >= 0.6 is 11.8 Å². The van der Waals surface area contributed by atoms with Gasteiger partial charge in [-0.3, -0.25) is 14.5 Å². The Morgan fingerprint density at radius 3 is 2.64 bits per heavy atom. The van der Waals surface area contributed by atoms with Crippen molar-refractivity contribution in [3.05, 3.63) is 83.7 Å². The number of aliphatic imine (C=N–C) groups is 1. The van der Waals surface area contributed by atoms with Crippen molar-refractivity contribution < 1.29 is 33.0 Å². The number of anilines is 1. The number of amides is 2. The summed E-state index contributed by atoms with van der Waals surface area (Å²) in [6.07, 6.45) is -0.128. The van der Waals surface area contributed by atoms with Gasteiger partial charge in [-0.15, -0.1) is 0 Å². The zero-order valence-electron chi connectivity index (χ0n) is 20.9. The Hall–Kier alpha value is -4.38. The van der Waals surface area contributed by atoms with Crippen LogP contribution in [-0.2, 0) is 20.9 Å². The molecule has 2 heterocycles. The van der Waals surface area contributed by atoms with Crippen LogP contribution in [0, 0.1) is 5.82 Å². The van der Waals surface area contributed by atoms with E-state index in [2.05, 4.69) is 10.3 Å². The van der Waals surface area contributed by atoms with E-state index in [4.69, 9.17) is 14.2 Å². The number of hydrogen-bond donors (Lipinski definition) is 1. The summed E-state index contributed by atoms with van der Waals surface area (Å²) in [7, 11) is 0. The van der Waals surface area contributed by atoms with Crippen molar-refractivity contribution in [3.8, 4) is 11.5 Å². The third kappa shape index (κ3) is 6.04. The predicted octanol–water partition coefficient (Wildman–Crippen LogP) is 4.89. The van der Waals surface area contributed by atoms with Crippen LogP contribution in [0.15, 0.2) is 71.7 Å². The van der Waals surface area contributed by atoms with E-state index in [0.29, 0.717) is 27.9 Å². The van der Waals surface area contributed by atoms with Gasteiger partial charge in [0.15, 0.2) is 16.7 Å². The lowest BCUT2D eigenvalue weighted by Crippen LogP contribution is -2.33. The van der Waals surface area contributed by atoms with Crippen LogP contribution in [0.2, 0.25) is 0 Å². The van der Waals surface area contributed by atoms with Gasteiger partial charge in [0, 0.05) is 12.1 Å². The van der Waals surface area contributed by atoms with Gasteiger partial charge < -0.3 is 19.5 Å². The lowest BCUT2D eigenvalue weighted by Gasteiger charge is -2.17. The first-order valence-electron chi connectivity index (χ1n) is 12.2. The minimum absolute atomic E-state index is 0.0928. The Bertz CT molecular complexity index is 1450. The second kappa shape index (κ2) is 11.6. The molecule has 3 aromatic carbocycles. The molecule has 0 bridgehead atoms. The highest BCUT2D eigenvalue weighted by Crippen LogP contribution is 2.36. The van der Waals surface area contributed by atoms with Gasteiger partial charge in [0.1, 0.15) is 16.8 Å². The van der Waals surface area contributed by atoms with Crippen LogP contribution in [0.3, 0.4) is 0 Å². The summed E-state index contributed by atoms with van der Waals surface area (Å²) in [6, 6.07) is 17.7. The zero-order chi connectivity index (χ0) is 27.4. The van der Waals surface area contributed by atoms with Gasteiger partial charge in [0.25, 0.3) is 0 Å². The number of halogens is 1. The van der Waals surface area contributed by atoms with Crippen molar-refractivity contribution in [1.29, 1.82) is 0 Å². The molecule has 2 aliphatic rings. The lowest BCUT2D eigenvalue weighted by atomic mass is 10.1. The smallest absolute Gasteiger partial charge is 0.338 e. The highest BCUT2D eigenvalue weighted by molar-refractivity contribution is 8.15. The average molecular weight is 550 g/mol. The summed E-state index contributed by atoms with van der Waals surface area (Å²) in [6.45, 7) is 2.26. The van der Waals surface area contributed by atoms with Crippen LogP contribution in [-0.4, -0.2) is 46.5 Å². The van der Waals surface area contributed by atoms with E-state index in [-0.39, 0.29) is 43.9 Å². The maximum absolute atomic E-state index is 14.4. The SMILES string of the molecule is CCOC(=O)c1ccc(NC(=O)C[C@@H]2SC(=Nc3ccccc3F)N(Cc3ccc4c(c3)OCO4)C2=O)cc1. The lowest BCUT2D eigenvalue weighted by molar-refractivity contribution is -0.128. The van der Waals surface area contributed by atoms with Crippen molar-refractivity contribution in [2.24, 2.45) is 4.99 Å². The van der Waals surface area contributed by atoms with Crippen LogP contribution in [0.25, 0.3) is 0 Å². The normalized spacial score (nSPS) is 17.0. The molecule has 1 saturated heterocycles. The predicted molar refractivity (Wildman–Crippen MR) is 144 cm³/mol. The van der Waals surface area contributed by atoms with Gasteiger partial charge in [-0.05, 0) is 61.0 Å². The summed E-state index contributed by atoms with van der Waals surface area (Å²) in [5, 5.41) is 2.28. The Morgan fingerprint density at radius 1 is 1.10 bits per heavy atom. The van der Waals surface area contributed by atoms with E-state index in [1.807, 2.05) is 6.07 Å². The number of hydrogen-bond acceptors (Lipinski definition) is 8. The molecular formula is C28H24FN3O6S. The van der Waals surface area contributed by atoms with E-state index in [1.165, 1.54) is 17.0 Å². The van der Waals surface area contributed by atoms with E-state index in [1.54, 1.807) is 55.5 Å². The first-order chi connectivity index (χ1) is 18.9. The van der Waals surface area contributed by atoms with E-state index >= 15 is 0 Å². The molecule has 0 spiro atoms. The van der Waals surface area contributed by atoms with Crippen molar-refractivity contribution >= 4 is 46.1 Å². The summed E-state index contributed by atoms with van der Waals surface area (Å²) < 4.78 is 30.1. The summed E-state index contributed by atoms with van der Waals surface area (Å²) in [5.41, 5.74) is 1.70. The minimum atomic E-state index is -0.761. The number of para-hydroxylation sites is 1.